The molecule has 0 saturated heterocycles. The molecule has 0 unspecified atom stereocenters. The van der Waals surface area contributed by atoms with Gasteiger partial charge in [-0.2, -0.15) is 0 Å². The molecule has 3 rings (SSSR count). The Labute approximate surface area is 161 Å². The van der Waals surface area contributed by atoms with Gasteiger partial charge in [-0.25, -0.2) is 14.4 Å². The molecule has 0 aliphatic carbocycles. The van der Waals surface area contributed by atoms with Crippen LogP contribution in [0, 0.1) is 11.2 Å². The monoisotopic (exact) mass is 383 g/mol. The predicted molar refractivity (Wildman–Crippen MR) is 107 cm³/mol. The molecule has 0 saturated carbocycles. The van der Waals surface area contributed by atoms with Crippen LogP contribution >= 0.6 is 0 Å². The van der Waals surface area contributed by atoms with E-state index in [4.69, 9.17) is 11.1 Å². The molecule has 0 fully saturated rings. The maximum Gasteiger partial charge on any atom is 0.251 e. The number of rotatable bonds is 4. The average molecular weight is 383 g/mol. The Morgan fingerprint density at radius 1 is 1.29 bits per heavy atom. The van der Waals surface area contributed by atoms with Gasteiger partial charge in [0.1, 0.15) is 23.7 Å². The fraction of sp³-hybridized carbons (Fsp3) is 0.263. The number of carbonyl (C=O) groups is 1. The lowest BCUT2D eigenvalue weighted by atomic mass is 10.1. The zero-order chi connectivity index (χ0) is 20.6. The van der Waals surface area contributed by atoms with Crippen molar-refractivity contribution in [3.63, 3.8) is 0 Å². The highest BCUT2D eigenvalue weighted by Gasteiger charge is 2.24. The molecule has 1 amide bonds. The third-order valence-corrected chi connectivity index (χ3v) is 4.09. The second kappa shape index (κ2) is 6.91. The molecule has 9 heteroatoms. The van der Waals surface area contributed by atoms with Gasteiger partial charge in [0.2, 0.25) is 0 Å². The van der Waals surface area contributed by atoms with Gasteiger partial charge in [-0.3, -0.25) is 10.2 Å². The summed E-state index contributed by atoms with van der Waals surface area (Å²) in [5.74, 6) is -0.482. The molecule has 3 aromatic rings. The maximum atomic E-state index is 15.0. The smallest absolute Gasteiger partial charge is 0.251 e. The fourth-order valence-electron chi connectivity index (χ4n) is 2.84. The van der Waals surface area contributed by atoms with Crippen LogP contribution < -0.4 is 16.4 Å². The lowest BCUT2D eigenvalue weighted by molar-refractivity contribution is 0.0963. The van der Waals surface area contributed by atoms with E-state index < -0.39 is 5.82 Å². The molecule has 0 atom stereocenters. The summed E-state index contributed by atoms with van der Waals surface area (Å²) >= 11 is 0. The van der Waals surface area contributed by atoms with E-state index in [1.165, 1.54) is 31.6 Å². The number of aromatic amines is 1. The van der Waals surface area contributed by atoms with E-state index in [1.807, 2.05) is 20.8 Å². The van der Waals surface area contributed by atoms with Gasteiger partial charge in [-0.15, -0.1) is 0 Å². The third kappa shape index (κ3) is 3.51. The number of anilines is 2. The summed E-state index contributed by atoms with van der Waals surface area (Å²) in [4.78, 5) is 22.8. The van der Waals surface area contributed by atoms with Crippen molar-refractivity contribution in [3.05, 3.63) is 47.2 Å². The van der Waals surface area contributed by atoms with E-state index in [0.717, 1.165) is 0 Å². The molecule has 0 aliphatic rings. The minimum atomic E-state index is -0.603. The fourth-order valence-corrected chi connectivity index (χ4v) is 2.84. The summed E-state index contributed by atoms with van der Waals surface area (Å²) < 4.78 is 15.0. The van der Waals surface area contributed by atoms with Crippen molar-refractivity contribution in [1.29, 1.82) is 5.41 Å². The Kier molecular flexibility index (Phi) is 4.76. The molecule has 8 nitrogen and oxygen atoms in total. The molecule has 0 radical (unpaired) electrons. The van der Waals surface area contributed by atoms with Gasteiger partial charge in [0.25, 0.3) is 5.91 Å². The van der Waals surface area contributed by atoms with Gasteiger partial charge in [-0.1, -0.05) is 0 Å². The lowest BCUT2D eigenvalue weighted by Gasteiger charge is -2.23. The number of nitrogen functional groups attached to an aromatic ring is 1. The number of amides is 1. The third-order valence-electron chi connectivity index (χ3n) is 4.09. The summed E-state index contributed by atoms with van der Waals surface area (Å²) in [5.41, 5.74) is 6.39. The molecule has 28 heavy (non-hydrogen) atoms. The Hall–Kier alpha value is -3.49. The van der Waals surface area contributed by atoms with Crippen LogP contribution in [0.1, 0.15) is 42.4 Å². The van der Waals surface area contributed by atoms with Crippen LogP contribution in [0.4, 0.5) is 16.0 Å². The van der Waals surface area contributed by atoms with Crippen molar-refractivity contribution in [3.8, 4) is 0 Å². The zero-order valence-corrected chi connectivity index (χ0v) is 16.1. The van der Waals surface area contributed by atoms with E-state index in [1.54, 1.807) is 0 Å². The second-order valence-corrected chi connectivity index (χ2v) is 7.39. The standard InChI is InChI=1S/C19H22FN7O/c1-19(2,3)27-17-12(16(22)24-8-25-17)14(21)15-13(20)10-6-5-9(18(28)23-4)7-11(10)26-15/h5-8,21,26H,1-4H3,(H,23,28)(H3,22,24,25,27). The predicted octanol–water partition coefficient (Wildman–Crippen LogP) is 2.67. The molecule has 1 aromatic carbocycles. The van der Waals surface area contributed by atoms with Gasteiger partial charge in [-0.05, 0) is 39.0 Å². The van der Waals surface area contributed by atoms with Crippen molar-refractivity contribution in [2.24, 2.45) is 0 Å². The summed E-state index contributed by atoms with van der Waals surface area (Å²) in [5, 5.41) is 14.5. The van der Waals surface area contributed by atoms with Gasteiger partial charge in [0, 0.05) is 29.1 Å². The SMILES string of the molecule is CNC(=O)c1ccc2c(F)c(C(=N)c3c(N)ncnc3NC(C)(C)C)[nH]c2c1. The van der Waals surface area contributed by atoms with Gasteiger partial charge >= 0.3 is 0 Å². The number of hydrogen-bond donors (Lipinski definition) is 5. The number of nitrogens with one attached hydrogen (secondary N) is 4. The van der Waals surface area contributed by atoms with Crippen molar-refractivity contribution in [1.82, 2.24) is 20.3 Å². The van der Waals surface area contributed by atoms with Crippen LogP contribution in [0.15, 0.2) is 24.5 Å². The van der Waals surface area contributed by atoms with E-state index in [-0.39, 0.29) is 39.6 Å². The number of nitrogens with zero attached hydrogens (tertiary/aromatic N) is 2. The van der Waals surface area contributed by atoms with Gasteiger partial charge in [0.15, 0.2) is 5.82 Å². The molecular weight excluding hydrogens is 361 g/mol. The van der Waals surface area contributed by atoms with Crippen LogP contribution in [-0.2, 0) is 0 Å². The number of fused-ring (bicyclic) bond motifs is 1. The molecule has 0 aliphatic heterocycles. The number of hydrogen-bond acceptors (Lipinski definition) is 6. The summed E-state index contributed by atoms with van der Waals surface area (Å²) in [6.45, 7) is 5.80. The minimum absolute atomic E-state index is 0.0532. The van der Waals surface area contributed by atoms with E-state index in [2.05, 4.69) is 25.6 Å². The molecule has 146 valence electrons. The van der Waals surface area contributed by atoms with Crippen LogP contribution in [0.3, 0.4) is 0 Å². The quantitative estimate of drug-likeness (QED) is 0.442. The molecule has 0 spiro atoms. The van der Waals surface area contributed by atoms with E-state index in [0.29, 0.717) is 16.9 Å². The molecular formula is C19H22FN7O. The van der Waals surface area contributed by atoms with Crippen LogP contribution in [0.5, 0.6) is 0 Å². The highest BCUT2D eigenvalue weighted by atomic mass is 19.1. The number of H-pyrrole nitrogens is 1. The van der Waals surface area contributed by atoms with Crippen molar-refractivity contribution < 1.29 is 9.18 Å². The Balaban J connectivity index is 2.12. The Morgan fingerprint density at radius 3 is 2.64 bits per heavy atom. The highest BCUT2D eigenvalue weighted by Crippen LogP contribution is 2.28. The largest absolute Gasteiger partial charge is 0.383 e. The first-order valence-electron chi connectivity index (χ1n) is 8.63. The first-order chi connectivity index (χ1) is 13.1. The zero-order valence-electron chi connectivity index (χ0n) is 16.1. The number of carbonyl (C=O) groups excluding carboxylic acids is 1. The summed E-state index contributed by atoms with van der Waals surface area (Å²) in [6.07, 6.45) is 1.29. The van der Waals surface area contributed by atoms with Crippen molar-refractivity contribution in [2.75, 3.05) is 18.1 Å². The lowest BCUT2D eigenvalue weighted by Crippen LogP contribution is -2.28. The van der Waals surface area contributed by atoms with Crippen LogP contribution in [-0.4, -0.2) is 39.2 Å². The molecule has 0 bridgehead atoms. The van der Waals surface area contributed by atoms with Gasteiger partial charge < -0.3 is 21.4 Å². The average Bonchev–Trinajstić information content (AvgIpc) is 2.95. The Morgan fingerprint density at radius 2 is 2.00 bits per heavy atom. The molecule has 6 N–H and O–H groups in total. The summed E-state index contributed by atoms with van der Waals surface area (Å²) in [7, 11) is 1.52. The first kappa shape index (κ1) is 19.3. The van der Waals surface area contributed by atoms with E-state index in [9.17, 15) is 4.79 Å². The first-order valence-corrected chi connectivity index (χ1v) is 8.63. The maximum absolute atomic E-state index is 15.0. The number of aromatic nitrogens is 3. The van der Waals surface area contributed by atoms with Crippen LogP contribution in [0.2, 0.25) is 0 Å². The van der Waals surface area contributed by atoms with E-state index >= 15 is 4.39 Å². The van der Waals surface area contributed by atoms with Crippen molar-refractivity contribution in [2.45, 2.75) is 26.3 Å². The second-order valence-electron chi connectivity index (χ2n) is 7.39. The molecule has 2 aromatic heterocycles. The normalized spacial score (nSPS) is 11.5. The number of nitrogens with two attached hydrogens (primary N) is 1. The topological polar surface area (TPSA) is 133 Å². The van der Waals surface area contributed by atoms with Crippen LogP contribution in [0.25, 0.3) is 10.9 Å². The number of benzene rings is 1. The highest BCUT2D eigenvalue weighted by molar-refractivity contribution is 6.17. The van der Waals surface area contributed by atoms with Crippen molar-refractivity contribution >= 4 is 34.2 Å². The van der Waals surface area contributed by atoms with Gasteiger partial charge in [0.05, 0.1) is 11.3 Å². The molecule has 2 heterocycles. The Bertz CT molecular complexity index is 1080. The summed E-state index contributed by atoms with van der Waals surface area (Å²) in [6, 6.07) is 4.56. The number of halogens is 1. The minimum Gasteiger partial charge on any atom is -0.383 e.